The first-order valence-corrected chi connectivity index (χ1v) is 8.02. The fourth-order valence-electron chi connectivity index (χ4n) is 2.26. The molecule has 1 nitrogen and oxygen atoms in total. The van der Waals surface area contributed by atoms with Gasteiger partial charge in [0.25, 0.3) is 0 Å². The third kappa shape index (κ3) is 5.14. The lowest BCUT2D eigenvalue weighted by atomic mass is 10.0. The maximum Gasteiger partial charge on any atom is 0.0612 e. The summed E-state index contributed by atoms with van der Waals surface area (Å²) in [6.07, 6.45) is 6.04. The van der Waals surface area contributed by atoms with Crippen molar-refractivity contribution in [3.63, 3.8) is 0 Å². The Bertz CT molecular complexity index is 685. The number of allylic oxidation sites excluding steroid dienone is 3. The van der Waals surface area contributed by atoms with Gasteiger partial charge in [-0.2, -0.15) is 0 Å². The summed E-state index contributed by atoms with van der Waals surface area (Å²) < 4.78 is 0. The summed E-state index contributed by atoms with van der Waals surface area (Å²) >= 11 is 0. The Morgan fingerprint density at radius 2 is 1.68 bits per heavy atom. The van der Waals surface area contributed by atoms with E-state index in [0.717, 1.165) is 10.9 Å². The van der Waals surface area contributed by atoms with E-state index in [1.54, 1.807) is 0 Å². The minimum absolute atomic E-state index is 1.02. The van der Waals surface area contributed by atoms with Crippen molar-refractivity contribution < 1.29 is 0 Å². The van der Waals surface area contributed by atoms with Crippen LogP contribution in [0.2, 0.25) is 0 Å². The molecule has 0 aliphatic carbocycles. The molecule has 0 unspecified atom stereocenters. The van der Waals surface area contributed by atoms with E-state index in [-0.39, 0.29) is 0 Å². The van der Waals surface area contributed by atoms with Crippen molar-refractivity contribution in [1.82, 2.24) is 0 Å². The van der Waals surface area contributed by atoms with Crippen molar-refractivity contribution in [3.05, 3.63) is 57.1 Å². The van der Waals surface area contributed by atoms with Gasteiger partial charge in [-0.05, 0) is 74.3 Å². The van der Waals surface area contributed by atoms with Gasteiger partial charge >= 0.3 is 0 Å². The molecule has 0 aliphatic rings. The van der Waals surface area contributed by atoms with E-state index < -0.39 is 0 Å². The monoisotopic (exact) mass is 297 g/mol. The van der Waals surface area contributed by atoms with Gasteiger partial charge in [0.15, 0.2) is 0 Å². The van der Waals surface area contributed by atoms with Crippen LogP contribution in [0.3, 0.4) is 0 Å². The topological polar surface area (TPSA) is 12.4 Å². The van der Waals surface area contributed by atoms with Crippen molar-refractivity contribution in [3.8, 4) is 0 Å². The molecular formula is C21H31N. The third-order valence-corrected chi connectivity index (χ3v) is 3.67. The molecule has 0 N–H and O–H groups in total. The van der Waals surface area contributed by atoms with Crippen LogP contribution in [0.15, 0.2) is 40.5 Å². The second-order valence-corrected chi connectivity index (χ2v) is 5.11. The van der Waals surface area contributed by atoms with Crippen LogP contribution in [0.25, 0.3) is 12.2 Å². The first-order chi connectivity index (χ1) is 10.4. The molecule has 0 aliphatic heterocycles. The second-order valence-electron chi connectivity index (χ2n) is 5.11. The van der Waals surface area contributed by atoms with Crippen LogP contribution in [0.5, 0.6) is 0 Å². The average molecular weight is 297 g/mol. The number of rotatable bonds is 3. The smallest absolute Gasteiger partial charge is 0.0612 e. The molecule has 0 aromatic heterocycles. The van der Waals surface area contributed by atoms with Gasteiger partial charge in [0.05, 0.1) is 5.70 Å². The molecule has 0 saturated heterocycles. The van der Waals surface area contributed by atoms with Crippen molar-refractivity contribution in [2.45, 2.75) is 55.4 Å². The summed E-state index contributed by atoms with van der Waals surface area (Å²) in [5, 5.41) is 2.33. The number of nitrogens with zero attached hydrogens (tertiary/aromatic N) is 1. The van der Waals surface area contributed by atoms with Gasteiger partial charge in [0.1, 0.15) is 0 Å². The summed E-state index contributed by atoms with van der Waals surface area (Å²) in [5.41, 5.74) is 5.96. The van der Waals surface area contributed by atoms with Gasteiger partial charge in [-0.1, -0.05) is 44.7 Å². The molecule has 1 heteroatoms. The fraction of sp³-hybridized carbons (Fsp3) is 0.381. The van der Waals surface area contributed by atoms with Crippen LogP contribution >= 0.6 is 0 Å². The highest BCUT2D eigenvalue weighted by Crippen LogP contribution is 2.13. The average Bonchev–Trinajstić information content (AvgIpc) is 2.52. The van der Waals surface area contributed by atoms with E-state index in [4.69, 9.17) is 0 Å². The first kappa shape index (κ1) is 20.1. The van der Waals surface area contributed by atoms with Crippen LogP contribution in [0.4, 0.5) is 0 Å². The molecule has 0 radical (unpaired) electrons. The summed E-state index contributed by atoms with van der Waals surface area (Å²) in [6.45, 7) is 20.6. The number of aliphatic imine (C=N–C) groups is 1. The fourth-order valence-corrected chi connectivity index (χ4v) is 2.26. The van der Waals surface area contributed by atoms with E-state index >= 15 is 0 Å². The van der Waals surface area contributed by atoms with Crippen molar-refractivity contribution in [2.24, 2.45) is 4.99 Å². The molecule has 0 spiro atoms. The quantitative estimate of drug-likeness (QED) is 0.558. The summed E-state index contributed by atoms with van der Waals surface area (Å²) in [4.78, 5) is 4.38. The molecule has 22 heavy (non-hydrogen) atoms. The van der Waals surface area contributed by atoms with Crippen molar-refractivity contribution in [1.29, 1.82) is 0 Å². The Balaban J connectivity index is 0.00000211. The Hall–Kier alpha value is -1.89. The number of hydrogen-bond donors (Lipinski definition) is 0. The molecule has 0 amide bonds. The standard InChI is InChI=1S/C19H25N.C2H6/c1-8-19(20-9-2)15(5)12-14(4)18-11-10-13(3)16(6)17(18)7;1-2/h8-12H,7H2,1-6H3;1-2H3/b15-12+,18-14-,19-8-,20-9?;. The highest BCUT2D eigenvalue weighted by molar-refractivity contribution is 5.61. The highest BCUT2D eigenvalue weighted by atomic mass is 14.7. The molecule has 1 aromatic rings. The van der Waals surface area contributed by atoms with Gasteiger partial charge in [-0.15, -0.1) is 0 Å². The summed E-state index contributed by atoms with van der Waals surface area (Å²) in [7, 11) is 0. The Morgan fingerprint density at radius 3 is 2.18 bits per heavy atom. The second kappa shape index (κ2) is 9.94. The Kier molecular flexibility index (Phi) is 9.09. The Labute approximate surface area is 136 Å². The van der Waals surface area contributed by atoms with Gasteiger partial charge in [0, 0.05) is 6.21 Å². The molecule has 1 rings (SSSR count). The van der Waals surface area contributed by atoms with Gasteiger partial charge < -0.3 is 0 Å². The lowest BCUT2D eigenvalue weighted by Crippen LogP contribution is -2.28. The van der Waals surface area contributed by atoms with Gasteiger partial charge in [-0.25, -0.2) is 0 Å². The number of aryl methyl sites for hydroxylation is 1. The zero-order valence-corrected chi connectivity index (χ0v) is 15.5. The molecule has 0 fully saturated rings. The summed E-state index contributed by atoms with van der Waals surface area (Å²) in [6, 6.07) is 4.31. The number of benzene rings is 1. The zero-order valence-electron chi connectivity index (χ0n) is 15.5. The van der Waals surface area contributed by atoms with Crippen LogP contribution in [0.1, 0.15) is 52.7 Å². The molecule has 0 heterocycles. The normalized spacial score (nSPS) is 13.8. The van der Waals surface area contributed by atoms with Gasteiger partial charge in [0.2, 0.25) is 0 Å². The van der Waals surface area contributed by atoms with E-state index in [2.05, 4.69) is 57.5 Å². The predicted octanol–water partition coefficient (Wildman–Crippen LogP) is 4.85. The molecule has 0 saturated carbocycles. The largest absolute Gasteiger partial charge is 0.262 e. The lowest BCUT2D eigenvalue weighted by Gasteiger charge is -2.05. The van der Waals surface area contributed by atoms with E-state index in [0.29, 0.717) is 0 Å². The maximum atomic E-state index is 4.38. The maximum absolute atomic E-state index is 4.38. The molecule has 120 valence electrons. The van der Waals surface area contributed by atoms with E-state index in [1.807, 2.05) is 40.0 Å². The van der Waals surface area contributed by atoms with Crippen molar-refractivity contribution in [2.75, 3.05) is 0 Å². The predicted molar refractivity (Wildman–Crippen MR) is 103 cm³/mol. The zero-order chi connectivity index (χ0) is 17.3. The summed E-state index contributed by atoms with van der Waals surface area (Å²) in [5.74, 6) is 0. The third-order valence-electron chi connectivity index (χ3n) is 3.67. The highest BCUT2D eigenvalue weighted by Gasteiger charge is 1.99. The minimum Gasteiger partial charge on any atom is -0.262 e. The van der Waals surface area contributed by atoms with Gasteiger partial charge in [-0.3, -0.25) is 4.99 Å². The first-order valence-electron chi connectivity index (χ1n) is 8.02. The van der Waals surface area contributed by atoms with Crippen molar-refractivity contribution >= 4 is 18.4 Å². The molecular weight excluding hydrogens is 266 g/mol. The minimum atomic E-state index is 1.02. The van der Waals surface area contributed by atoms with E-state index in [1.165, 1.54) is 27.5 Å². The number of hydrogen-bond acceptors (Lipinski definition) is 1. The molecule has 0 atom stereocenters. The molecule has 1 aromatic carbocycles. The van der Waals surface area contributed by atoms with E-state index in [9.17, 15) is 0 Å². The Morgan fingerprint density at radius 1 is 1.09 bits per heavy atom. The van der Waals surface area contributed by atoms with Crippen LogP contribution in [-0.4, -0.2) is 6.21 Å². The SMILES string of the molecule is C=c1c(C)c(C)cc/c1=C(C)/C=C(C)/C(=C/C)N=CC.CC. The lowest BCUT2D eigenvalue weighted by molar-refractivity contribution is 1.26. The van der Waals surface area contributed by atoms with Crippen LogP contribution in [0, 0.1) is 13.8 Å². The molecule has 0 bridgehead atoms. The van der Waals surface area contributed by atoms with Crippen LogP contribution < -0.4 is 10.4 Å². The van der Waals surface area contributed by atoms with Crippen LogP contribution in [-0.2, 0) is 0 Å².